The maximum Gasteiger partial charge on any atom is 0.0302 e. The fourth-order valence-corrected chi connectivity index (χ4v) is 1.00. The van der Waals surface area contributed by atoms with Crippen LogP contribution in [-0.4, -0.2) is 5.33 Å². The molecule has 0 heterocycles. The van der Waals surface area contributed by atoms with Gasteiger partial charge in [-0.25, -0.2) is 0 Å². The maximum atomic E-state index is 5.46. The fourth-order valence-electron chi connectivity index (χ4n) is 0.145. The molecule has 0 aromatic rings. The lowest BCUT2D eigenvalue weighted by atomic mass is 10.5. The molecule has 0 aliphatic carbocycles. The monoisotopic (exact) mass is 202 g/mol. The average Bonchev–Trinajstić information content (AvgIpc) is 1.68. The summed E-state index contributed by atoms with van der Waals surface area (Å²) in [7, 11) is 0. The second-order valence-corrected chi connectivity index (χ2v) is 2.49. The number of allylic oxidation sites excluding steroid dienone is 1. The Bertz CT molecular complexity index is 70.1. The van der Waals surface area contributed by atoms with Gasteiger partial charge in [0.25, 0.3) is 0 Å². The van der Waals surface area contributed by atoms with Crippen molar-refractivity contribution in [1.82, 2.24) is 0 Å². The van der Waals surface area contributed by atoms with Crippen molar-refractivity contribution in [1.29, 1.82) is 0 Å². The zero-order valence-electron chi connectivity index (χ0n) is 3.63. The molecule has 42 valence electrons. The van der Waals surface area contributed by atoms with E-state index in [0.29, 0.717) is 5.03 Å². The van der Waals surface area contributed by atoms with Gasteiger partial charge in [0.05, 0.1) is 0 Å². The first-order valence-electron chi connectivity index (χ1n) is 1.82. The molecule has 0 atom stereocenters. The molecule has 0 aromatic heterocycles. The van der Waals surface area contributed by atoms with Gasteiger partial charge in [0.15, 0.2) is 0 Å². The Morgan fingerprint density at radius 2 is 2.29 bits per heavy atom. The van der Waals surface area contributed by atoms with Gasteiger partial charge in [-0.15, -0.1) is 0 Å². The topological polar surface area (TPSA) is 0 Å². The molecule has 0 aliphatic heterocycles. The predicted molar refractivity (Wildman–Crippen MR) is 38.2 cm³/mol. The van der Waals surface area contributed by atoms with Crippen LogP contribution in [-0.2, 0) is 0 Å². The van der Waals surface area contributed by atoms with E-state index in [1.54, 1.807) is 0 Å². The molecule has 0 radical (unpaired) electrons. The van der Waals surface area contributed by atoms with Gasteiger partial charge < -0.3 is 0 Å². The molecule has 0 N–H and O–H groups in total. The van der Waals surface area contributed by atoms with Crippen molar-refractivity contribution in [3.05, 3.63) is 10.6 Å². The molecule has 0 unspecified atom stereocenters. The van der Waals surface area contributed by atoms with Crippen LogP contribution in [0.15, 0.2) is 10.6 Å². The first-order valence-corrected chi connectivity index (χ1v) is 3.75. The molecule has 0 bridgehead atoms. The van der Waals surface area contributed by atoms with E-state index in [1.807, 2.05) is 0 Å². The summed E-state index contributed by atoms with van der Waals surface area (Å²) in [5, 5.41) is 1.56. The SMILES string of the molecule is Cl/C=C(\Cl)CCBr. The van der Waals surface area contributed by atoms with E-state index in [9.17, 15) is 0 Å². The van der Waals surface area contributed by atoms with E-state index in [1.165, 1.54) is 5.54 Å². The lowest BCUT2D eigenvalue weighted by Gasteiger charge is -1.85. The standard InChI is InChI=1S/C4H5BrCl2/c5-2-1-4(7)3-6/h3H,1-2H2/b4-3-. The number of alkyl halides is 1. The van der Waals surface area contributed by atoms with Crippen LogP contribution in [0.1, 0.15) is 6.42 Å². The van der Waals surface area contributed by atoms with Crippen LogP contribution in [0, 0.1) is 0 Å². The minimum atomic E-state index is 0.693. The van der Waals surface area contributed by atoms with E-state index in [2.05, 4.69) is 15.9 Å². The zero-order chi connectivity index (χ0) is 5.70. The molecule has 7 heavy (non-hydrogen) atoms. The molecule has 0 spiro atoms. The predicted octanol–water partition coefficient (Wildman–Crippen LogP) is 3.09. The maximum absolute atomic E-state index is 5.46. The molecule has 0 saturated heterocycles. The van der Waals surface area contributed by atoms with Gasteiger partial charge in [-0.3, -0.25) is 0 Å². The summed E-state index contributed by atoms with van der Waals surface area (Å²) in [5.41, 5.74) is 1.38. The molecule has 0 aliphatic rings. The lowest BCUT2D eigenvalue weighted by Crippen LogP contribution is -1.69. The van der Waals surface area contributed by atoms with Crippen LogP contribution < -0.4 is 0 Å². The largest absolute Gasteiger partial charge is 0.0924 e. The van der Waals surface area contributed by atoms with Crippen LogP contribution in [0.2, 0.25) is 0 Å². The third-order valence-corrected chi connectivity index (χ3v) is 1.52. The normalized spacial score (nSPS) is 12.1. The first-order chi connectivity index (χ1) is 3.31. The smallest absolute Gasteiger partial charge is 0.0302 e. The molecule has 0 saturated carbocycles. The number of halogens is 3. The van der Waals surface area contributed by atoms with E-state index in [4.69, 9.17) is 23.2 Å². The molecule has 0 fully saturated rings. The highest BCUT2D eigenvalue weighted by Gasteiger charge is 1.85. The van der Waals surface area contributed by atoms with Crippen molar-refractivity contribution in [2.24, 2.45) is 0 Å². The number of hydrogen-bond acceptors (Lipinski definition) is 0. The van der Waals surface area contributed by atoms with Crippen molar-refractivity contribution in [2.75, 3.05) is 5.33 Å². The first kappa shape index (κ1) is 7.80. The second kappa shape index (κ2) is 4.95. The van der Waals surface area contributed by atoms with Gasteiger partial charge in [0.1, 0.15) is 0 Å². The minimum Gasteiger partial charge on any atom is -0.0924 e. The van der Waals surface area contributed by atoms with E-state index < -0.39 is 0 Å². The lowest BCUT2D eigenvalue weighted by molar-refractivity contribution is 1.23. The van der Waals surface area contributed by atoms with Crippen molar-refractivity contribution >= 4 is 39.1 Å². The van der Waals surface area contributed by atoms with Crippen LogP contribution in [0.4, 0.5) is 0 Å². The van der Waals surface area contributed by atoms with Gasteiger partial charge in [0.2, 0.25) is 0 Å². The van der Waals surface area contributed by atoms with Crippen molar-refractivity contribution in [3.8, 4) is 0 Å². The Balaban J connectivity index is 3.17. The Hall–Kier alpha value is 0.800. The fraction of sp³-hybridized carbons (Fsp3) is 0.500. The summed E-state index contributed by atoms with van der Waals surface area (Å²) >= 11 is 13.9. The highest BCUT2D eigenvalue weighted by Crippen LogP contribution is 2.08. The van der Waals surface area contributed by atoms with Crippen LogP contribution in [0.3, 0.4) is 0 Å². The Kier molecular flexibility index (Phi) is 5.51. The molecule has 0 amide bonds. The van der Waals surface area contributed by atoms with Gasteiger partial charge in [-0.05, 0) is 6.42 Å². The summed E-state index contributed by atoms with van der Waals surface area (Å²) in [5.74, 6) is 0. The van der Waals surface area contributed by atoms with Gasteiger partial charge in [-0.2, -0.15) is 0 Å². The Morgan fingerprint density at radius 3 is 2.43 bits per heavy atom. The molecular weight excluding hydrogens is 199 g/mol. The molecule has 0 rings (SSSR count). The van der Waals surface area contributed by atoms with Crippen molar-refractivity contribution in [2.45, 2.75) is 6.42 Å². The second-order valence-electron chi connectivity index (χ2n) is 0.995. The summed E-state index contributed by atoms with van der Waals surface area (Å²) in [6, 6.07) is 0. The van der Waals surface area contributed by atoms with E-state index in [0.717, 1.165) is 11.8 Å². The van der Waals surface area contributed by atoms with Crippen molar-refractivity contribution < 1.29 is 0 Å². The summed E-state index contributed by atoms with van der Waals surface area (Å²) in [6.07, 6.45) is 0.811. The summed E-state index contributed by atoms with van der Waals surface area (Å²) in [6.45, 7) is 0. The highest BCUT2D eigenvalue weighted by molar-refractivity contribution is 9.09. The van der Waals surface area contributed by atoms with E-state index >= 15 is 0 Å². The average molecular weight is 204 g/mol. The Morgan fingerprint density at radius 1 is 1.71 bits per heavy atom. The summed E-state index contributed by atoms with van der Waals surface area (Å²) < 4.78 is 0. The molecule has 3 heteroatoms. The van der Waals surface area contributed by atoms with Crippen LogP contribution >= 0.6 is 39.1 Å². The molecule has 0 aromatic carbocycles. The molecular formula is C4H5BrCl2. The third kappa shape index (κ3) is 4.66. The number of rotatable bonds is 2. The molecule has 0 nitrogen and oxygen atoms in total. The Labute approximate surface area is 61.6 Å². The highest BCUT2D eigenvalue weighted by atomic mass is 79.9. The van der Waals surface area contributed by atoms with Gasteiger partial charge >= 0.3 is 0 Å². The third-order valence-electron chi connectivity index (χ3n) is 0.452. The van der Waals surface area contributed by atoms with Crippen molar-refractivity contribution in [3.63, 3.8) is 0 Å². The van der Waals surface area contributed by atoms with Gasteiger partial charge in [-0.1, -0.05) is 39.1 Å². The minimum absolute atomic E-state index is 0.693. The quantitative estimate of drug-likeness (QED) is 0.606. The summed E-state index contributed by atoms with van der Waals surface area (Å²) in [4.78, 5) is 0. The zero-order valence-corrected chi connectivity index (χ0v) is 6.72. The number of hydrogen-bond donors (Lipinski definition) is 0. The van der Waals surface area contributed by atoms with Crippen LogP contribution in [0.25, 0.3) is 0 Å². The van der Waals surface area contributed by atoms with Crippen LogP contribution in [0.5, 0.6) is 0 Å². The van der Waals surface area contributed by atoms with E-state index in [-0.39, 0.29) is 0 Å². The van der Waals surface area contributed by atoms with Gasteiger partial charge in [0, 0.05) is 15.9 Å².